The Bertz CT molecular complexity index is 352. The highest BCUT2D eigenvalue weighted by Gasteiger charge is 2.26. The number of likely N-dealkylation sites (tertiary alicyclic amines) is 1. The molecular formula is C13H19NO2. The van der Waals surface area contributed by atoms with E-state index in [-0.39, 0.29) is 6.10 Å². The van der Waals surface area contributed by atoms with Crippen LogP contribution in [-0.4, -0.2) is 34.3 Å². The third kappa shape index (κ3) is 2.54. The van der Waals surface area contributed by atoms with Crippen molar-refractivity contribution in [3.63, 3.8) is 0 Å². The Balaban J connectivity index is 1.95. The van der Waals surface area contributed by atoms with E-state index < -0.39 is 0 Å². The number of phenolic OH excluding ortho intramolecular Hbond substituents is 1. The van der Waals surface area contributed by atoms with Crippen molar-refractivity contribution in [1.82, 2.24) is 4.90 Å². The number of hydrogen-bond acceptors (Lipinski definition) is 3. The van der Waals surface area contributed by atoms with E-state index >= 15 is 0 Å². The number of nitrogens with zero attached hydrogens (tertiary/aromatic N) is 1. The average molecular weight is 221 g/mol. The van der Waals surface area contributed by atoms with Gasteiger partial charge in [0.1, 0.15) is 5.75 Å². The fraction of sp³-hybridized carbons (Fsp3) is 0.538. The molecular weight excluding hydrogens is 202 g/mol. The zero-order valence-corrected chi connectivity index (χ0v) is 9.63. The van der Waals surface area contributed by atoms with Crippen LogP contribution in [0.5, 0.6) is 5.75 Å². The highest BCUT2D eigenvalue weighted by atomic mass is 16.3. The van der Waals surface area contributed by atoms with Crippen molar-refractivity contribution in [2.45, 2.75) is 26.0 Å². The van der Waals surface area contributed by atoms with Crippen molar-refractivity contribution in [3.8, 4) is 5.75 Å². The lowest BCUT2D eigenvalue weighted by molar-refractivity contribution is 0.127. The predicted octanol–water partition coefficient (Wildman–Crippen LogP) is 1.59. The quantitative estimate of drug-likeness (QED) is 0.814. The van der Waals surface area contributed by atoms with Gasteiger partial charge in [-0.1, -0.05) is 18.2 Å². The second-order valence-corrected chi connectivity index (χ2v) is 4.65. The van der Waals surface area contributed by atoms with Gasteiger partial charge in [0.05, 0.1) is 6.10 Å². The zero-order valence-electron chi connectivity index (χ0n) is 9.63. The van der Waals surface area contributed by atoms with Gasteiger partial charge in [-0.2, -0.15) is 0 Å². The highest BCUT2D eigenvalue weighted by molar-refractivity contribution is 5.31. The number of phenols is 1. The first-order valence-electron chi connectivity index (χ1n) is 5.84. The molecule has 0 radical (unpaired) electrons. The van der Waals surface area contributed by atoms with Crippen LogP contribution >= 0.6 is 0 Å². The molecule has 0 amide bonds. The summed E-state index contributed by atoms with van der Waals surface area (Å²) in [6, 6.07) is 7.45. The van der Waals surface area contributed by atoms with Gasteiger partial charge in [0.2, 0.25) is 0 Å². The summed E-state index contributed by atoms with van der Waals surface area (Å²) in [5.41, 5.74) is 0.966. The second kappa shape index (κ2) is 4.85. The molecule has 0 aromatic heterocycles. The van der Waals surface area contributed by atoms with Crippen LogP contribution < -0.4 is 0 Å². The molecule has 1 aliphatic rings. The highest BCUT2D eigenvalue weighted by Crippen LogP contribution is 2.24. The molecule has 1 fully saturated rings. The fourth-order valence-electron chi connectivity index (χ4n) is 2.29. The summed E-state index contributed by atoms with van der Waals surface area (Å²) < 4.78 is 0. The van der Waals surface area contributed by atoms with Gasteiger partial charge < -0.3 is 10.2 Å². The molecule has 16 heavy (non-hydrogen) atoms. The normalized spacial score (nSPS) is 23.5. The molecule has 0 saturated carbocycles. The van der Waals surface area contributed by atoms with Crippen LogP contribution in [0, 0.1) is 5.92 Å². The van der Waals surface area contributed by atoms with Gasteiger partial charge in [0.25, 0.3) is 0 Å². The van der Waals surface area contributed by atoms with Crippen molar-refractivity contribution >= 4 is 0 Å². The first-order chi connectivity index (χ1) is 7.66. The molecule has 0 aliphatic carbocycles. The first-order valence-corrected chi connectivity index (χ1v) is 5.84. The van der Waals surface area contributed by atoms with Crippen molar-refractivity contribution in [2.75, 3.05) is 13.1 Å². The van der Waals surface area contributed by atoms with E-state index in [0.29, 0.717) is 11.7 Å². The predicted molar refractivity (Wildman–Crippen MR) is 63.2 cm³/mol. The summed E-state index contributed by atoms with van der Waals surface area (Å²) in [6.45, 7) is 4.56. The molecule has 3 nitrogen and oxygen atoms in total. The Labute approximate surface area is 96.3 Å². The number of benzene rings is 1. The standard InChI is InChI=1S/C13H19NO2/c1-10(15)11-6-7-14(8-11)9-12-4-2-3-5-13(12)16/h2-5,10-11,15-16H,6-9H2,1H3. The molecule has 2 atom stereocenters. The molecule has 1 aromatic rings. The number of aromatic hydroxyl groups is 1. The van der Waals surface area contributed by atoms with Gasteiger partial charge in [0, 0.05) is 18.7 Å². The number of aliphatic hydroxyl groups is 1. The molecule has 0 spiro atoms. The monoisotopic (exact) mass is 221 g/mol. The van der Waals surface area contributed by atoms with Crippen LogP contribution in [0.25, 0.3) is 0 Å². The van der Waals surface area contributed by atoms with Crippen LogP contribution in [-0.2, 0) is 6.54 Å². The lowest BCUT2D eigenvalue weighted by Gasteiger charge is -2.17. The third-order valence-corrected chi connectivity index (χ3v) is 3.38. The Morgan fingerprint density at radius 1 is 1.44 bits per heavy atom. The maximum Gasteiger partial charge on any atom is 0.120 e. The van der Waals surface area contributed by atoms with E-state index in [0.717, 1.165) is 31.6 Å². The minimum Gasteiger partial charge on any atom is -0.508 e. The summed E-state index contributed by atoms with van der Waals surface area (Å²) in [7, 11) is 0. The van der Waals surface area contributed by atoms with E-state index in [1.807, 2.05) is 25.1 Å². The van der Waals surface area contributed by atoms with Crippen LogP contribution in [0.2, 0.25) is 0 Å². The lowest BCUT2D eigenvalue weighted by atomic mass is 10.0. The Kier molecular flexibility index (Phi) is 3.46. The minimum absolute atomic E-state index is 0.227. The minimum atomic E-state index is -0.227. The second-order valence-electron chi connectivity index (χ2n) is 4.65. The molecule has 1 aromatic carbocycles. The molecule has 0 bridgehead atoms. The largest absolute Gasteiger partial charge is 0.508 e. The summed E-state index contributed by atoms with van der Waals surface area (Å²) in [5, 5.41) is 19.2. The summed E-state index contributed by atoms with van der Waals surface area (Å²) in [6.07, 6.45) is 0.819. The molecule has 2 rings (SSSR count). The van der Waals surface area contributed by atoms with E-state index in [1.165, 1.54) is 0 Å². The first kappa shape index (κ1) is 11.4. The average Bonchev–Trinajstić information content (AvgIpc) is 2.70. The van der Waals surface area contributed by atoms with Crippen molar-refractivity contribution in [3.05, 3.63) is 29.8 Å². The Hall–Kier alpha value is -1.06. The number of aliphatic hydroxyl groups excluding tert-OH is 1. The van der Waals surface area contributed by atoms with E-state index in [4.69, 9.17) is 0 Å². The maximum absolute atomic E-state index is 9.67. The van der Waals surface area contributed by atoms with Gasteiger partial charge in [-0.15, -0.1) is 0 Å². The third-order valence-electron chi connectivity index (χ3n) is 3.38. The van der Waals surface area contributed by atoms with E-state index in [1.54, 1.807) is 6.07 Å². The molecule has 2 N–H and O–H groups in total. The number of rotatable bonds is 3. The lowest BCUT2D eigenvalue weighted by Crippen LogP contribution is -2.23. The van der Waals surface area contributed by atoms with Crippen LogP contribution in [0.3, 0.4) is 0 Å². The fourth-order valence-corrected chi connectivity index (χ4v) is 2.29. The summed E-state index contributed by atoms with van der Waals surface area (Å²) >= 11 is 0. The van der Waals surface area contributed by atoms with Gasteiger partial charge in [-0.3, -0.25) is 4.90 Å². The smallest absolute Gasteiger partial charge is 0.120 e. The number of hydrogen-bond donors (Lipinski definition) is 2. The van der Waals surface area contributed by atoms with Gasteiger partial charge in [-0.05, 0) is 31.9 Å². The van der Waals surface area contributed by atoms with Crippen molar-refractivity contribution in [2.24, 2.45) is 5.92 Å². The van der Waals surface area contributed by atoms with Gasteiger partial charge in [-0.25, -0.2) is 0 Å². The Morgan fingerprint density at radius 3 is 2.81 bits per heavy atom. The topological polar surface area (TPSA) is 43.7 Å². The maximum atomic E-state index is 9.67. The molecule has 3 heteroatoms. The van der Waals surface area contributed by atoms with Crippen LogP contribution in [0.4, 0.5) is 0 Å². The molecule has 2 unspecified atom stereocenters. The van der Waals surface area contributed by atoms with Gasteiger partial charge in [0.15, 0.2) is 0 Å². The molecule has 1 heterocycles. The zero-order chi connectivity index (χ0) is 11.5. The Morgan fingerprint density at radius 2 is 2.19 bits per heavy atom. The van der Waals surface area contributed by atoms with Crippen molar-refractivity contribution < 1.29 is 10.2 Å². The van der Waals surface area contributed by atoms with E-state index in [9.17, 15) is 10.2 Å². The summed E-state index contributed by atoms with van der Waals surface area (Å²) in [4.78, 5) is 2.28. The summed E-state index contributed by atoms with van der Waals surface area (Å²) in [5.74, 6) is 0.744. The molecule has 88 valence electrons. The SMILES string of the molecule is CC(O)C1CCN(Cc2ccccc2O)C1. The van der Waals surface area contributed by atoms with Gasteiger partial charge >= 0.3 is 0 Å². The van der Waals surface area contributed by atoms with Crippen LogP contribution in [0.15, 0.2) is 24.3 Å². The molecule has 1 aliphatic heterocycles. The molecule has 1 saturated heterocycles. The van der Waals surface area contributed by atoms with Crippen molar-refractivity contribution in [1.29, 1.82) is 0 Å². The van der Waals surface area contributed by atoms with E-state index in [2.05, 4.69) is 4.90 Å². The van der Waals surface area contributed by atoms with Crippen LogP contribution in [0.1, 0.15) is 18.9 Å². The number of para-hydroxylation sites is 1.